The summed E-state index contributed by atoms with van der Waals surface area (Å²) in [6.07, 6.45) is 2.14. The summed E-state index contributed by atoms with van der Waals surface area (Å²) in [4.78, 5) is 0. The number of alkyl halides is 1. The smallest absolute Gasteiger partial charge is 0.0313 e. The molecule has 0 nitrogen and oxygen atoms in total. The Labute approximate surface area is 118 Å². The lowest BCUT2D eigenvalue weighted by molar-refractivity contribution is 0.331. The van der Waals surface area contributed by atoms with E-state index in [4.69, 9.17) is 11.6 Å². The Morgan fingerprint density at radius 1 is 1.00 bits per heavy atom. The van der Waals surface area contributed by atoms with Gasteiger partial charge in [-0.1, -0.05) is 58.9 Å². The van der Waals surface area contributed by atoms with Gasteiger partial charge in [-0.3, -0.25) is 0 Å². The summed E-state index contributed by atoms with van der Waals surface area (Å²) in [7, 11) is 0. The van der Waals surface area contributed by atoms with Gasteiger partial charge in [0.15, 0.2) is 0 Å². The molecule has 0 aromatic heterocycles. The Kier molecular flexibility index (Phi) is 4.89. The minimum absolute atomic E-state index is 0.235. The van der Waals surface area contributed by atoms with Gasteiger partial charge in [-0.25, -0.2) is 0 Å². The highest BCUT2D eigenvalue weighted by atomic mass is 35.5. The van der Waals surface area contributed by atoms with Gasteiger partial charge in [0.25, 0.3) is 0 Å². The highest BCUT2D eigenvalue weighted by molar-refractivity contribution is 6.20. The molecule has 0 bridgehead atoms. The topological polar surface area (TPSA) is 0 Å². The normalized spacial score (nSPS) is 14.6. The first kappa shape index (κ1) is 15.6. The third kappa shape index (κ3) is 5.02. The van der Waals surface area contributed by atoms with Gasteiger partial charge < -0.3 is 0 Å². The van der Waals surface area contributed by atoms with E-state index >= 15 is 0 Å². The van der Waals surface area contributed by atoms with Crippen LogP contribution in [-0.2, 0) is 11.8 Å². The SMILES string of the molecule is CC(Cl)CC(C)(C)Cc1ccc(C(C)(C)C)cc1. The minimum Gasteiger partial charge on any atom is -0.123 e. The molecule has 1 aromatic rings. The van der Waals surface area contributed by atoms with Gasteiger partial charge in [-0.15, -0.1) is 11.6 Å². The third-order valence-electron chi connectivity index (χ3n) is 3.34. The van der Waals surface area contributed by atoms with Crippen molar-refractivity contribution in [1.82, 2.24) is 0 Å². The Morgan fingerprint density at radius 3 is 1.89 bits per heavy atom. The van der Waals surface area contributed by atoms with Gasteiger partial charge >= 0.3 is 0 Å². The molecule has 0 amide bonds. The molecule has 0 aliphatic carbocycles. The summed E-state index contributed by atoms with van der Waals surface area (Å²) in [5.74, 6) is 0. The maximum atomic E-state index is 6.11. The first-order chi connectivity index (χ1) is 8.10. The zero-order chi connectivity index (χ0) is 14.0. The van der Waals surface area contributed by atoms with Crippen LogP contribution in [0.1, 0.15) is 59.1 Å². The quantitative estimate of drug-likeness (QED) is 0.625. The third-order valence-corrected chi connectivity index (χ3v) is 3.49. The van der Waals surface area contributed by atoms with Crippen molar-refractivity contribution in [3.63, 3.8) is 0 Å². The molecule has 1 atom stereocenters. The summed E-state index contributed by atoms with van der Waals surface area (Å²) < 4.78 is 0. The summed E-state index contributed by atoms with van der Waals surface area (Å²) in [6, 6.07) is 9.05. The monoisotopic (exact) mass is 266 g/mol. The molecule has 0 N–H and O–H groups in total. The minimum atomic E-state index is 0.235. The Balaban J connectivity index is 2.75. The molecule has 18 heavy (non-hydrogen) atoms. The number of hydrogen-bond acceptors (Lipinski definition) is 0. The van der Waals surface area contributed by atoms with Crippen molar-refractivity contribution in [3.05, 3.63) is 35.4 Å². The summed E-state index contributed by atoms with van der Waals surface area (Å²) in [6.45, 7) is 13.4. The van der Waals surface area contributed by atoms with Gasteiger partial charge in [0.2, 0.25) is 0 Å². The number of rotatable bonds is 4. The molecule has 0 spiro atoms. The molecule has 1 heteroatoms. The van der Waals surface area contributed by atoms with Crippen molar-refractivity contribution >= 4 is 11.6 Å². The molecule has 1 rings (SSSR count). The molecule has 0 aliphatic rings. The standard InChI is InChI=1S/C17H27Cl/c1-13(18)11-17(5,6)12-14-7-9-15(10-8-14)16(2,3)4/h7-10,13H,11-12H2,1-6H3. The average molecular weight is 267 g/mol. The lowest BCUT2D eigenvalue weighted by Crippen LogP contribution is -2.19. The fourth-order valence-corrected chi connectivity index (χ4v) is 2.93. The lowest BCUT2D eigenvalue weighted by atomic mass is 9.80. The van der Waals surface area contributed by atoms with E-state index in [1.165, 1.54) is 11.1 Å². The van der Waals surface area contributed by atoms with E-state index < -0.39 is 0 Å². The molecule has 0 aliphatic heterocycles. The fourth-order valence-electron chi connectivity index (χ4n) is 2.51. The molecular formula is C17H27Cl. The lowest BCUT2D eigenvalue weighted by Gasteiger charge is -2.26. The highest BCUT2D eigenvalue weighted by Gasteiger charge is 2.21. The van der Waals surface area contributed by atoms with Crippen LogP contribution in [0.4, 0.5) is 0 Å². The molecule has 0 saturated heterocycles. The largest absolute Gasteiger partial charge is 0.123 e. The van der Waals surface area contributed by atoms with Crippen LogP contribution in [0.15, 0.2) is 24.3 Å². The second-order valence-corrected chi connectivity index (χ2v) is 8.02. The second kappa shape index (κ2) is 5.65. The molecule has 102 valence electrons. The maximum absolute atomic E-state index is 6.11. The number of benzene rings is 1. The zero-order valence-electron chi connectivity index (χ0n) is 12.7. The predicted octanol–water partition coefficient (Wildman–Crippen LogP) is 5.57. The van der Waals surface area contributed by atoms with Crippen LogP contribution in [0.5, 0.6) is 0 Å². The fraction of sp³-hybridized carbons (Fsp3) is 0.647. The van der Waals surface area contributed by atoms with Crippen molar-refractivity contribution in [2.75, 3.05) is 0 Å². The van der Waals surface area contributed by atoms with E-state index in [-0.39, 0.29) is 16.2 Å². The number of hydrogen-bond donors (Lipinski definition) is 0. The van der Waals surface area contributed by atoms with Crippen molar-refractivity contribution < 1.29 is 0 Å². The van der Waals surface area contributed by atoms with Gasteiger partial charge in [-0.2, -0.15) is 0 Å². The second-order valence-electron chi connectivity index (χ2n) is 7.27. The van der Waals surface area contributed by atoms with E-state index in [9.17, 15) is 0 Å². The predicted molar refractivity (Wildman–Crippen MR) is 82.6 cm³/mol. The van der Waals surface area contributed by atoms with Gasteiger partial charge in [0.1, 0.15) is 0 Å². The molecule has 0 fully saturated rings. The first-order valence-electron chi connectivity index (χ1n) is 6.84. The van der Waals surface area contributed by atoms with Crippen molar-refractivity contribution in [2.24, 2.45) is 5.41 Å². The summed E-state index contributed by atoms with van der Waals surface area (Å²) in [5, 5.41) is 0.244. The van der Waals surface area contributed by atoms with Crippen LogP contribution < -0.4 is 0 Å². The summed E-state index contributed by atoms with van der Waals surface area (Å²) in [5.41, 5.74) is 3.31. The zero-order valence-corrected chi connectivity index (χ0v) is 13.4. The number of halogens is 1. The molecule has 1 aromatic carbocycles. The van der Waals surface area contributed by atoms with Crippen LogP contribution in [0.2, 0.25) is 0 Å². The van der Waals surface area contributed by atoms with Gasteiger partial charge in [-0.05, 0) is 41.7 Å². The van der Waals surface area contributed by atoms with Crippen LogP contribution in [0, 0.1) is 5.41 Å². The Bertz CT molecular complexity index is 366. The molecule has 0 radical (unpaired) electrons. The Morgan fingerprint density at radius 2 is 1.50 bits per heavy atom. The molecule has 0 saturated carbocycles. The van der Waals surface area contributed by atoms with Gasteiger partial charge in [0.05, 0.1) is 0 Å². The average Bonchev–Trinajstić information content (AvgIpc) is 2.13. The highest BCUT2D eigenvalue weighted by Crippen LogP contribution is 2.30. The Hall–Kier alpha value is -0.490. The van der Waals surface area contributed by atoms with Gasteiger partial charge in [0, 0.05) is 5.38 Å². The summed E-state index contributed by atoms with van der Waals surface area (Å²) >= 11 is 6.11. The van der Waals surface area contributed by atoms with Crippen LogP contribution >= 0.6 is 11.6 Å². The van der Waals surface area contributed by atoms with E-state index in [0.29, 0.717) is 0 Å². The van der Waals surface area contributed by atoms with E-state index in [0.717, 1.165) is 12.8 Å². The van der Waals surface area contributed by atoms with E-state index in [1.54, 1.807) is 0 Å². The first-order valence-corrected chi connectivity index (χ1v) is 7.27. The van der Waals surface area contributed by atoms with Crippen molar-refractivity contribution in [2.45, 2.75) is 65.2 Å². The maximum Gasteiger partial charge on any atom is 0.0313 e. The molecule has 1 unspecified atom stereocenters. The molecule has 0 heterocycles. The van der Waals surface area contributed by atoms with Crippen molar-refractivity contribution in [1.29, 1.82) is 0 Å². The van der Waals surface area contributed by atoms with Crippen LogP contribution in [0.3, 0.4) is 0 Å². The van der Waals surface area contributed by atoms with Crippen LogP contribution in [-0.4, -0.2) is 5.38 Å². The van der Waals surface area contributed by atoms with E-state index in [1.807, 2.05) is 0 Å². The van der Waals surface area contributed by atoms with Crippen molar-refractivity contribution in [3.8, 4) is 0 Å². The van der Waals surface area contributed by atoms with E-state index in [2.05, 4.69) is 65.8 Å². The molecular weight excluding hydrogens is 240 g/mol. The van der Waals surface area contributed by atoms with Crippen LogP contribution in [0.25, 0.3) is 0 Å².